The van der Waals surface area contributed by atoms with Gasteiger partial charge in [-0.25, -0.2) is 0 Å². The highest BCUT2D eigenvalue weighted by molar-refractivity contribution is 9.10. The fourth-order valence-electron chi connectivity index (χ4n) is 3.63. The number of carbonyl (C=O) groups is 1. The molecule has 1 N–H and O–H groups in total. The molecule has 1 spiro atoms. The standard InChI is InChI=1S/C21H22BrNO5/c1-3-26-19-15(22)10-13(11-18(19)25-2)20(24)23-14-6-7-16-17(12-14)28-21(27-16)8-4-5-9-21/h6-7,10-12H,3-5,8-9H2,1-2H3,(H,23,24). The first-order valence-corrected chi connectivity index (χ1v) is 10.2. The van der Waals surface area contributed by atoms with Crippen molar-refractivity contribution in [3.63, 3.8) is 0 Å². The van der Waals surface area contributed by atoms with Crippen LogP contribution in [0.2, 0.25) is 0 Å². The number of hydrogen-bond acceptors (Lipinski definition) is 5. The van der Waals surface area contributed by atoms with Gasteiger partial charge in [-0.15, -0.1) is 0 Å². The van der Waals surface area contributed by atoms with Crippen LogP contribution in [-0.2, 0) is 0 Å². The lowest BCUT2D eigenvalue weighted by atomic mass is 10.1. The molecule has 148 valence electrons. The van der Waals surface area contributed by atoms with E-state index in [9.17, 15) is 4.79 Å². The van der Waals surface area contributed by atoms with E-state index in [0.29, 0.717) is 39.6 Å². The Balaban J connectivity index is 1.53. The van der Waals surface area contributed by atoms with Gasteiger partial charge in [-0.3, -0.25) is 4.79 Å². The van der Waals surface area contributed by atoms with Gasteiger partial charge >= 0.3 is 0 Å². The lowest BCUT2D eigenvalue weighted by Crippen LogP contribution is -2.34. The largest absolute Gasteiger partial charge is 0.493 e. The highest BCUT2D eigenvalue weighted by atomic mass is 79.9. The molecule has 28 heavy (non-hydrogen) atoms. The third kappa shape index (κ3) is 3.51. The second-order valence-corrected chi connectivity index (χ2v) is 7.71. The lowest BCUT2D eigenvalue weighted by molar-refractivity contribution is -0.0716. The number of ether oxygens (including phenoxy) is 4. The van der Waals surface area contributed by atoms with Crippen LogP contribution in [0, 0.1) is 0 Å². The third-order valence-electron chi connectivity index (χ3n) is 4.94. The van der Waals surface area contributed by atoms with Gasteiger partial charge in [0.25, 0.3) is 11.7 Å². The molecule has 0 radical (unpaired) electrons. The zero-order valence-electron chi connectivity index (χ0n) is 15.8. The van der Waals surface area contributed by atoms with Crippen LogP contribution in [0.15, 0.2) is 34.8 Å². The molecule has 1 aliphatic carbocycles. The number of benzene rings is 2. The van der Waals surface area contributed by atoms with Gasteiger partial charge in [-0.1, -0.05) is 0 Å². The Morgan fingerprint density at radius 3 is 2.64 bits per heavy atom. The summed E-state index contributed by atoms with van der Waals surface area (Å²) in [4.78, 5) is 12.8. The summed E-state index contributed by atoms with van der Waals surface area (Å²) in [5.41, 5.74) is 1.10. The summed E-state index contributed by atoms with van der Waals surface area (Å²) in [5.74, 6) is 1.70. The van der Waals surface area contributed by atoms with Crippen molar-refractivity contribution in [1.29, 1.82) is 0 Å². The molecule has 6 nitrogen and oxygen atoms in total. The maximum atomic E-state index is 12.8. The van der Waals surface area contributed by atoms with Crippen LogP contribution in [0.5, 0.6) is 23.0 Å². The van der Waals surface area contributed by atoms with E-state index < -0.39 is 5.79 Å². The normalized spacial score (nSPS) is 16.2. The van der Waals surface area contributed by atoms with Crippen molar-refractivity contribution in [3.8, 4) is 23.0 Å². The summed E-state index contributed by atoms with van der Waals surface area (Å²) >= 11 is 3.45. The molecule has 7 heteroatoms. The van der Waals surface area contributed by atoms with Crippen molar-refractivity contribution >= 4 is 27.5 Å². The SMILES string of the molecule is CCOc1c(Br)cc(C(=O)Nc2ccc3c(c2)OC2(CCCC2)O3)cc1OC. The quantitative estimate of drug-likeness (QED) is 0.686. The summed E-state index contributed by atoms with van der Waals surface area (Å²) in [6.07, 6.45) is 3.99. The van der Waals surface area contributed by atoms with E-state index >= 15 is 0 Å². The van der Waals surface area contributed by atoms with E-state index in [4.69, 9.17) is 18.9 Å². The minimum atomic E-state index is -0.516. The molecule has 0 saturated heterocycles. The first kappa shape index (κ1) is 18.9. The molecule has 1 amide bonds. The molecule has 0 atom stereocenters. The van der Waals surface area contributed by atoms with Crippen LogP contribution in [0.4, 0.5) is 5.69 Å². The van der Waals surface area contributed by atoms with Crippen molar-refractivity contribution in [2.24, 2.45) is 0 Å². The molecular weight excluding hydrogens is 426 g/mol. The van der Waals surface area contributed by atoms with Crippen LogP contribution < -0.4 is 24.3 Å². The fraction of sp³-hybridized carbons (Fsp3) is 0.381. The van der Waals surface area contributed by atoms with Crippen LogP contribution in [-0.4, -0.2) is 25.4 Å². The minimum Gasteiger partial charge on any atom is -0.493 e. The molecule has 1 aliphatic heterocycles. The average Bonchev–Trinajstić information content (AvgIpc) is 3.28. The van der Waals surface area contributed by atoms with Crippen molar-refractivity contribution in [1.82, 2.24) is 0 Å². The lowest BCUT2D eigenvalue weighted by Gasteiger charge is -2.21. The number of anilines is 1. The van der Waals surface area contributed by atoms with Crippen LogP contribution in [0.3, 0.4) is 0 Å². The van der Waals surface area contributed by atoms with Gasteiger partial charge in [0.15, 0.2) is 23.0 Å². The zero-order chi connectivity index (χ0) is 19.7. The Morgan fingerprint density at radius 2 is 1.93 bits per heavy atom. The van der Waals surface area contributed by atoms with E-state index in [2.05, 4.69) is 21.2 Å². The highest BCUT2D eigenvalue weighted by Crippen LogP contribution is 2.47. The molecule has 1 heterocycles. The molecule has 2 aromatic rings. The minimum absolute atomic E-state index is 0.253. The van der Waals surface area contributed by atoms with E-state index in [-0.39, 0.29) is 5.91 Å². The molecule has 0 unspecified atom stereocenters. The van der Waals surface area contributed by atoms with Crippen LogP contribution in [0.1, 0.15) is 43.0 Å². The van der Waals surface area contributed by atoms with Crippen LogP contribution in [0.25, 0.3) is 0 Å². The zero-order valence-corrected chi connectivity index (χ0v) is 17.4. The molecule has 2 aromatic carbocycles. The van der Waals surface area contributed by atoms with Crippen molar-refractivity contribution in [2.45, 2.75) is 38.4 Å². The van der Waals surface area contributed by atoms with Gasteiger partial charge in [-0.2, -0.15) is 0 Å². The molecule has 1 fully saturated rings. The number of amides is 1. The molecule has 2 aliphatic rings. The number of hydrogen-bond donors (Lipinski definition) is 1. The number of methoxy groups -OCH3 is 1. The summed E-state index contributed by atoms with van der Waals surface area (Å²) in [5, 5.41) is 2.91. The van der Waals surface area contributed by atoms with Gasteiger partial charge in [0.1, 0.15) is 0 Å². The average molecular weight is 448 g/mol. The Labute approximate surface area is 172 Å². The van der Waals surface area contributed by atoms with Crippen LogP contribution >= 0.6 is 15.9 Å². The number of nitrogens with one attached hydrogen (secondary N) is 1. The van der Waals surface area contributed by atoms with E-state index in [1.165, 1.54) is 0 Å². The fourth-order valence-corrected chi connectivity index (χ4v) is 4.18. The highest BCUT2D eigenvalue weighted by Gasteiger charge is 2.44. The van der Waals surface area contributed by atoms with Crippen molar-refractivity contribution in [2.75, 3.05) is 19.0 Å². The number of halogens is 1. The molecular formula is C21H22BrNO5. The van der Waals surface area contributed by atoms with Gasteiger partial charge in [0.05, 0.1) is 18.2 Å². The number of carbonyl (C=O) groups excluding carboxylic acids is 1. The summed E-state index contributed by atoms with van der Waals surface area (Å²) < 4.78 is 23.7. The maximum Gasteiger partial charge on any atom is 0.255 e. The van der Waals surface area contributed by atoms with Crippen molar-refractivity contribution < 1.29 is 23.7 Å². The monoisotopic (exact) mass is 447 g/mol. The van der Waals surface area contributed by atoms with Crippen molar-refractivity contribution in [3.05, 3.63) is 40.4 Å². The van der Waals surface area contributed by atoms with E-state index in [1.807, 2.05) is 19.1 Å². The summed E-state index contributed by atoms with van der Waals surface area (Å²) in [6.45, 7) is 2.39. The first-order chi connectivity index (χ1) is 13.5. The maximum absolute atomic E-state index is 12.8. The van der Waals surface area contributed by atoms with Gasteiger partial charge in [0.2, 0.25) is 0 Å². The molecule has 0 bridgehead atoms. The first-order valence-electron chi connectivity index (χ1n) is 9.37. The number of rotatable bonds is 5. The van der Waals surface area contributed by atoms with Gasteiger partial charge in [-0.05, 0) is 60.0 Å². The topological polar surface area (TPSA) is 66.0 Å². The van der Waals surface area contributed by atoms with Gasteiger partial charge < -0.3 is 24.3 Å². The summed E-state index contributed by atoms with van der Waals surface area (Å²) in [6, 6.07) is 8.83. The Morgan fingerprint density at radius 1 is 1.18 bits per heavy atom. The smallest absolute Gasteiger partial charge is 0.255 e. The van der Waals surface area contributed by atoms with Gasteiger partial charge in [0, 0.05) is 30.2 Å². The van der Waals surface area contributed by atoms with E-state index in [1.54, 1.807) is 25.3 Å². The number of fused-ring (bicyclic) bond motifs is 1. The Bertz CT molecular complexity index is 908. The Kier molecular flexibility index (Phi) is 5.10. The molecule has 4 rings (SSSR count). The molecule has 0 aromatic heterocycles. The second-order valence-electron chi connectivity index (χ2n) is 6.86. The summed E-state index contributed by atoms with van der Waals surface area (Å²) in [7, 11) is 1.54. The predicted molar refractivity (Wildman–Crippen MR) is 109 cm³/mol. The second kappa shape index (κ2) is 7.54. The molecule has 1 saturated carbocycles. The third-order valence-corrected chi connectivity index (χ3v) is 5.53. The Hall–Kier alpha value is -2.41. The van der Waals surface area contributed by atoms with E-state index in [0.717, 1.165) is 31.4 Å². The predicted octanol–water partition coefficient (Wildman–Crippen LogP) is 5.15.